The van der Waals surface area contributed by atoms with Crippen LogP contribution in [0.15, 0.2) is 84.9 Å². The Morgan fingerprint density at radius 3 is 2.21 bits per heavy atom. The third-order valence-electron chi connectivity index (χ3n) is 5.79. The summed E-state index contributed by atoms with van der Waals surface area (Å²) in [7, 11) is 1.61. The normalized spacial score (nSPS) is 13.4. The summed E-state index contributed by atoms with van der Waals surface area (Å²) in [5.41, 5.74) is 5.24. The second-order valence-electron chi connectivity index (χ2n) is 7.90. The highest BCUT2D eigenvalue weighted by atomic mass is 35.5. The van der Waals surface area contributed by atoms with Crippen LogP contribution in [-0.2, 0) is 6.61 Å². The van der Waals surface area contributed by atoms with Gasteiger partial charge in [0.1, 0.15) is 6.61 Å². The van der Waals surface area contributed by atoms with E-state index in [1.54, 1.807) is 31.4 Å². The van der Waals surface area contributed by atoms with Crippen LogP contribution >= 0.6 is 23.2 Å². The summed E-state index contributed by atoms with van der Waals surface area (Å²) in [5, 5.41) is 0.928. The van der Waals surface area contributed by atoms with Crippen molar-refractivity contribution in [3.8, 4) is 11.5 Å². The van der Waals surface area contributed by atoms with Gasteiger partial charge in [-0.25, -0.2) is 0 Å². The molecule has 3 nitrogen and oxygen atoms in total. The van der Waals surface area contributed by atoms with Crippen molar-refractivity contribution in [2.75, 3.05) is 7.11 Å². The molecular weight excluding hydrogens is 467 g/mol. The van der Waals surface area contributed by atoms with Crippen LogP contribution in [0, 0.1) is 0 Å². The van der Waals surface area contributed by atoms with Crippen LogP contribution < -0.4 is 9.47 Å². The van der Waals surface area contributed by atoms with Gasteiger partial charge >= 0.3 is 0 Å². The second kappa shape index (κ2) is 9.38. The number of rotatable bonds is 5. The van der Waals surface area contributed by atoms with Crippen molar-refractivity contribution in [2.45, 2.75) is 6.61 Å². The standard InChI is InChI=1S/C29H20Cl2O3/c1-33-25-14-13-19(16-26(25)34-17-18-7-3-2-4-8-18)15-22-20-9-5-12-24(31)28(20)29(32)21-10-6-11-23(30)27(21)22/h2-16H,17H2,1H3/b22-15-. The largest absolute Gasteiger partial charge is 0.493 e. The fourth-order valence-electron chi connectivity index (χ4n) is 4.18. The first-order valence-electron chi connectivity index (χ1n) is 10.8. The zero-order valence-corrected chi connectivity index (χ0v) is 19.9. The van der Waals surface area contributed by atoms with Crippen molar-refractivity contribution in [3.05, 3.63) is 128 Å². The van der Waals surface area contributed by atoms with E-state index >= 15 is 0 Å². The zero-order chi connectivity index (χ0) is 23.7. The molecule has 0 unspecified atom stereocenters. The molecule has 0 atom stereocenters. The van der Waals surface area contributed by atoms with E-state index in [0.717, 1.165) is 22.3 Å². The topological polar surface area (TPSA) is 35.5 Å². The number of fused-ring (bicyclic) bond motifs is 2. The van der Waals surface area contributed by atoms with Crippen molar-refractivity contribution >= 4 is 40.6 Å². The molecule has 0 heterocycles. The van der Waals surface area contributed by atoms with E-state index in [1.165, 1.54) is 0 Å². The molecule has 1 aliphatic rings. The first-order valence-corrected chi connectivity index (χ1v) is 11.5. The average Bonchev–Trinajstić information content (AvgIpc) is 2.86. The molecular formula is C29H20Cl2O3. The first-order chi connectivity index (χ1) is 16.6. The summed E-state index contributed by atoms with van der Waals surface area (Å²) < 4.78 is 11.6. The van der Waals surface area contributed by atoms with Crippen molar-refractivity contribution < 1.29 is 14.3 Å². The minimum absolute atomic E-state index is 0.128. The SMILES string of the molecule is COc1ccc(/C=C2/c3cccc(Cl)c3C(=O)c3cccc(Cl)c32)cc1OCc1ccccc1. The molecule has 0 bridgehead atoms. The number of ketones is 1. The van der Waals surface area contributed by atoms with Crippen LogP contribution in [-0.4, -0.2) is 12.9 Å². The Balaban J connectivity index is 1.62. The minimum Gasteiger partial charge on any atom is -0.493 e. The highest BCUT2D eigenvalue weighted by Gasteiger charge is 2.30. The summed E-state index contributed by atoms with van der Waals surface area (Å²) in [6.45, 7) is 0.416. The molecule has 1 aliphatic carbocycles. The van der Waals surface area contributed by atoms with Crippen LogP contribution in [0.4, 0.5) is 0 Å². The average molecular weight is 487 g/mol. The van der Waals surface area contributed by atoms with Crippen molar-refractivity contribution in [1.29, 1.82) is 0 Å². The Hall–Kier alpha value is -3.53. The van der Waals surface area contributed by atoms with E-state index in [4.69, 9.17) is 32.7 Å². The maximum atomic E-state index is 13.2. The van der Waals surface area contributed by atoms with Crippen LogP contribution in [0.2, 0.25) is 10.0 Å². The van der Waals surface area contributed by atoms with Gasteiger partial charge in [-0.05, 0) is 52.6 Å². The number of carbonyl (C=O) groups excluding carboxylic acids is 1. The molecule has 0 fully saturated rings. The Labute approximate surface area is 208 Å². The van der Waals surface area contributed by atoms with Gasteiger partial charge in [0.2, 0.25) is 0 Å². The second-order valence-corrected chi connectivity index (χ2v) is 8.71. The van der Waals surface area contributed by atoms with Gasteiger partial charge in [0.25, 0.3) is 0 Å². The van der Waals surface area contributed by atoms with Gasteiger partial charge in [-0.2, -0.15) is 0 Å². The van der Waals surface area contributed by atoms with Crippen LogP contribution in [0.5, 0.6) is 11.5 Å². The third kappa shape index (κ3) is 4.09. The molecule has 0 aromatic heterocycles. The summed E-state index contributed by atoms with van der Waals surface area (Å²) in [6.07, 6.45) is 2.00. The number of methoxy groups -OCH3 is 1. The molecule has 5 heteroatoms. The molecule has 0 aliphatic heterocycles. The summed E-state index contributed by atoms with van der Waals surface area (Å²) >= 11 is 13.1. The third-order valence-corrected chi connectivity index (χ3v) is 6.42. The lowest BCUT2D eigenvalue weighted by atomic mass is 9.80. The van der Waals surface area contributed by atoms with E-state index in [9.17, 15) is 4.79 Å². The monoisotopic (exact) mass is 486 g/mol. The molecule has 4 aromatic carbocycles. The van der Waals surface area contributed by atoms with Gasteiger partial charge in [0.05, 0.1) is 12.1 Å². The van der Waals surface area contributed by atoms with E-state index < -0.39 is 0 Å². The highest BCUT2D eigenvalue weighted by molar-refractivity contribution is 6.39. The van der Waals surface area contributed by atoms with E-state index in [1.807, 2.05) is 66.7 Å². The predicted octanol–water partition coefficient (Wildman–Crippen LogP) is 7.71. The fraction of sp³-hybridized carbons (Fsp3) is 0.0690. The Bertz CT molecular complexity index is 1420. The van der Waals surface area contributed by atoms with Crippen LogP contribution in [0.1, 0.15) is 38.2 Å². The molecule has 4 aromatic rings. The Morgan fingerprint density at radius 1 is 0.765 bits per heavy atom. The van der Waals surface area contributed by atoms with E-state index in [2.05, 4.69) is 0 Å². The van der Waals surface area contributed by atoms with E-state index in [0.29, 0.717) is 44.8 Å². The Kier molecular flexibility index (Phi) is 6.14. The molecule has 0 saturated heterocycles. The number of halogens is 2. The van der Waals surface area contributed by atoms with Crippen molar-refractivity contribution in [2.24, 2.45) is 0 Å². The quantitative estimate of drug-likeness (QED) is 0.255. The van der Waals surface area contributed by atoms with Crippen molar-refractivity contribution in [1.82, 2.24) is 0 Å². The lowest BCUT2D eigenvalue weighted by molar-refractivity contribution is 0.103. The number of carbonyl (C=O) groups is 1. The maximum absolute atomic E-state index is 13.2. The molecule has 0 spiro atoms. The minimum atomic E-state index is -0.128. The number of benzene rings is 4. The molecule has 168 valence electrons. The predicted molar refractivity (Wildman–Crippen MR) is 137 cm³/mol. The van der Waals surface area contributed by atoms with Crippen molar-refractivity contribution in [3.63, 3.8) is 0 Å². The Morgan fingerprint density at radius 2 is 1.47 bits per heavy atom. The number of hydrogen-bond acceptors (Lipinski definition) is 3. The molecule has 0 saturated carbocycles. The first kappa shape index (κ1) is 22.3. The molecule has 34 heavy (non-hydrogen) atoms. The smallest absolute Gasteiger partial charge is 0.195 e. The molecule has 5 rings (SSSR count). The van der Waals surface area contributed by atoms with Gasteiger partial charge in [-0.3, -0.25) is 4.79 Å². The summed E-state index contributed by atoms with van der Waals surface area (Å²) in [6, 6.07) is 26.5. The lowest BCUT2D eigenvalue weighted by Crippen LogP contribution is -2.15. The van der Waals surface area contributed by atoms with E-state index in [-0.39, 0.29) is 5.78 Å². The molecule has 0 amide bonds. The van der Waals surface area contributed by atoms with Gasteiger partial charge in [-0.1, -0.05) is 83.9 Å². The van der Waals surface area contributed by atoms with Gasteiger partial charge in [0, 0.05) is 21.7 Å². The fourth-order valence-corrected chi connectivity index (χ4v) is 4.72. The van der Waals surface area contributed by atoms with Crippen LogP contribution in [0.25, 0.3) is 11.6 Å². The van der Waals surface area contributed by atoms with Gasteiger partial charge in [-0.15, -0.1) is 0 Å². The molecule has 0 N–H and O–H groups in total. The van der Waals surface area contributed by atoms with Crippen LogP contribution in [0.3, 0.4) is 0 Å². The number of ether oxygens (including phenoxy) is 2. The maximum Gasteiger partial charge on any atom is 0.195 e. The van der Waals surface area contributed by atoms with Gasteiger partial charge < -0.3 is 9.47 Å². The number of hydrogen-bond donors (Lipinski definition) is 0. The zero-order valence-electron chi connectivity index (χ0n) is 18.3. The lowest BCUT2D eigenvalue weighted by Gasteiger charge is -2.23. The molecule has 0 radical (unpaired) electrons. The summed E-state index contributed by atoms with van der Waals surface area (Å²) in [4.78, 5) is 13.2. The highest BCUT2D eigenvalue weighted by Crippen LogP contribution is 2.43. The summed E-state index contributed by atoms with van der Waals surface area (Å²) in [5.74, 6) is 1.13. The van der Waals surface area contributed by atoms with Gasteiger partial charge in [0.15, 0.2) is 17.3 Å².